The van der Waals surface area contributed by atoms with Crippen LogP contribution in [0.1, 0.15) is 56.1 Å². The summed E-state index contributed by atoms with van der Waals surface area (Å²) in [6.45, 7) is 1.73. The van der Waals surface area contributed by atoms with Gasteiger partial charge in [-0.1, -0.05) is 37.5 Å². The maximum Gasteiger partial charge on any atom is 0.416 e. The normalized spacial score (nSPS) is 20.9. The second-order valence-electron chi connectivity index (χ2n) is 7.22. The van der Waals surface area contributed by atoms with Gasteiger partial charge in [0.1, 0.15) is 0 Å². The van der Waals surface area contributed by atoms with Crippen molar-refractivity contribution in [2.24, 2.45) is 0 Å². The summed E-state index contributed by atoms with van der Waals surface area (Å²) in [7, 11) is 0. The lowest BCUT2D eigenvalue weighted by atomic mass is 9.68. The molecule has 0 bridgehead atoms. The minimum Gasteiger partial charge on any atom is -0.353 e. The summed E-state index contributed by atoms with van der Waals surface area (Å²) in [5.41, 5.74) is -0.997. The van der Waals surface area contributed by atoms with Crippen LogP contribution >= 0.6 is 12.4 Å². The van der Waals surface area contributed by atoms with E-state index in [0.29, 0.717) is 18.4 Å². The van der Waals surface area contributed by atoms with Gasteiger partial charge in [-0.3, -0.25) is 4.79 Å². The highest BCUT2D eigenvalue weighted by Crippen LogP contribution is 2.41. The summed E-state index contributed by atoms with van der Waals surface area (Å²) >= 11 is 0. The predicted octanol–water partition coefficient (Wildman–Crippen LogP) is 4.20. The van der Waals surface area contributed by atoms with Crippen molar-refractivity contribution in [3.05, 3.63) is 35.4 Å². The smallest absolute Gasteiger partial charge is 0.353 e. The van der Waals surface area contributed by atoms with E-state index in [-0.39, 0.29) is 24.4 Å². The molecule has 0 spiro atoms. The van der Waals surface area contributed by atoms with Gasteiger partial charge in [-0.2, -0.15) is 13.2 Å². The van der Waals surface area contributed by atoms with Crippen LogP contribution in [0.4, 0.5) is 13.2 Å². The SMILES string of the molecule is Cl.O=C(NC1CCNCC1)C1(c2cccc(C(F)(F)F)c2)CCCCC1. The number of piperidine rings is 1. The fourth-order valence-corrected chi connectivity index (χ4v) is 4.09. The number of nitrogens with one attached hydrogen (secondary N) is 2. The van der Waals surface area contributed by atoms with Gasteiger partial charge in [0.25, 0.3) is 0 Å². The zero-order valence-corrected chi connectivity index (χ0v) is 15.5. The number of halogens is 4. The molecule has 1 aromatic rings. The number of alkyl halides is 3. The molecule has 1 aromatic carbocycles. The lowest BCUT2D eigenvalue weighted by molar-refractivity contribution is -0.138. The Morgan fingerprint density at radius 3 is 2.38 bits per heavy atom. The zero-order chi connectivity index (χ0) is 17.9. The molecule has 1 saturated heterocycles. The fraction of sp³-hybridized carbons (Fsp3) is 0.632. The zero-order valence-electron chi connectivity index (χ0n) is 14.7. The summed E-state index contributed by atoms with van der Waals surface area (Å²) in [5.74, 6) is -0.0987. The highest BCUT2D eigenvalue weighted by Gasteiger charge is 2.43. The number of amides is 1. The largest absolute Gasteiger partial charge is 0.416 e. The van der Waals surface area contributed by atoms with Gasteiger partial charge in [0.15, 0.2) is 0 Å². The van der Waals surface area contributed by atoms with Crippen molar-refractivity contribution in [1.82, 2.24) is 10.6 Å². The first-order valence-corrected chi connectivity index (χ1v) is 9.11. The molecule has 2 aliphatic rings. The first-order valence-electron chi connectivity index (χ1n) is 9.11. The van der Waals surface area contributed by atoms with E-state index < -0.39 is 17.2 Å². The van der Waals surface area contributed by atoms with Gasteiger partial charge in [-0.25, -0.2) is 0 Å². The van der Waals surface area contributed by atoms with Gasteiger partial charge in [0, 0.05) is 6.04 Å². The van der Waals surface area contributed by atoms with Gasteiger partial charge >= 0.3 is 6.18 Å². The highest BCUT2D eigenvalue weighted by atomic mass is 35.5. The Kier molecular flexibility index (Phi) is 6.97. The molecule has 0 aromatic heterocycles. The molecule has 26 heavy (non-hydrogen) atoms. The molecule has 146 valence electrons. The minimum atomic E-state index is -4.39. The van der Waals surface area contributed by atoms with Crippen molar-refractivity contribution in [3.8, 4) is 0 Å². The monoisotopic (exact) mass is 390 g/mol. The van der Waals surface area contributed by atoms with E-state index in [1.165, 1.54) is 12.1 Å². The average molecular weight is 391 g/mol. The Bertz CT molecular complexity index is 609. The van der Waals surface area contributed by atoms with Gasteiger partial charge in [-0.15, -0.1) is 12.4 Å². The summed E-state index contributed by atoms with van der Waals surface area (Å²) in [5, 5.41) is 6.38. The van der Waals surface area contributed by atoms with E-state index in [9.17, 15) is 18.0 Å². The molecule has 7 heteroatoms. The molecule has 1 heterocycles. The van der Waals surface area contributed by atoms with Crippen LogP contribution in [-0.4, -0.2) is 25.0 Å². The molecule has 2 N–H and O–H groups in total. The average Bonchev–Trinajstić information content (AvgIpc) is 2.62. The van der Waals surface area contributed by atoms with Gasteiger partial charge in [-0.05, 0) is 50.4 Å². The van der Waals surface area contributed by atoms with Gasteiger partial charge in [0.2, 0.25) is 5.91 Å². The maximum absolute atomic E-state index is 13.1. The second-order valence-corrected chi connectivity index (χ2v) is 7.22. The third-order valence-electron chi connectivity index (χ3n) is 5.56. The van der Waals surface area contributed by atoms with Crippen LogP contribution in [0.25, 0.3) is 0 Å². The first-order chi connectivity index (χ1) is 11.9. The molecule has 1 aliphatic carbocycles. The molecule has 1 saturated carbocycles. The Morgan fingerprint density at radius 1 is 1.12 bits per heavy atom. The summed E-state index contributed by atoms with van der Waals surface area (Å²) in [6.07, 6.45) is 1.34. The topological polar surface area (TPSA) is 41.1 Å². The van der Waals surface area contributed by atoms with E-state index in [4.69, 9.17) is 0 Å². The third kappa shape index (κ3) is 4.52. The molecule has 0 unspecified atom stereocenters. The first kappa shape index (κ1) is 21.0. The van der Waals surface area contributed by atoms with Crippen LogP contribution < -0.4 is 10.6 Å². The van der Waals surface area contributed by atoms with Gasteiger partial charge < -0.3 is 10.6 Å². The van der Waals surface area contributed by atoms with Gasteiger partial charge in [0.05, 0.1) is 11.0 Å². The molecule has 2 fully saturated rings. The Balaban J connectivity index is 0.00000243. The van der Waals surface area contributed by atoms with E-state index in [1.807, 2.05) is 0 Å². The Morgan fingerprint density at radius 2 is 1.77 bits per heavy atom. The van der Waals surface area contributed by atoms with Crippen molar-refractivity contribution in [3.63, 3.8) is 0 Å². The van der Waals surface area contributed by atoms with E-state index in [2.05, 4.69) is 10.6 Å². The quantitative estimate of drug-likeness (QED) is 0.812. The molecule has 1 amide bonds. The molecule has 1 aliphatic heterocycles. The third-order valence-corrected chi connectivity index (χ3v) is 5.56. The van der Waals surface area contributed by atoms with Crippen molar-refractivity contribution < 1.29 is 18.0 Å². The maximum atomic E-state index is 13.1. The minimum absolute atomic E-state index is 0. The predicted molar refractivity (Wildman–Crippen MR) is 97.5 cm³/mol. The number of carbonyl (C=O) groups is 1. The number of hydrogen-bond acceptors (Lipinski definition) is 2. The molecular formula is C19H26ClF3N2O. The highest BCUT2D eigenvalue weighted by molar-refractivity contribution is 5.88. The van der Waals surface area contributed by atoms with E-state index >= 15 is 0 Å². The van der Waals surface area contributed by atoms with E-state index in [1.54, 1.807) is 6.07 Å². The second kappa shape index (κ2) is 8.61. The van der Waals surface area contributed by atoms with Crippen LogP contribution in [0.5, 0.6) is 0 Å². The summed E-state index contributed by atoms with van der Waals surface area (Å²) in [6, 6.07) is 5.46. The Labute approximate surface area is 158 Å². The lowest BCUT2D eigenvalue weighted by Crippen LogP contribution is -2.51. The van der Waals surface area contributed by atoms with Crippen LogP contribution in [0.3, 0.4) is 0 Å². The van der Waals surface area contributed by atoms with Crippen molar-refractivity contribution in [2.75, 3.05) is 13.1 Å². The standard InChI is InChI=1S/C19H25F3N2O.ClH/c20-19(21,22)15-6-4-5-14(13-15)18(9-2-1-3-10-18)17(25)24-16-7-11-23-12-8-16;/h4-6,13,16,23H,1-3,7-12H2,(H,24,25);1H. The molecule has 0 radical (unpaired) electrons. The van der Waals surface area contributed by atoms with Crippen molar-refractivity contribution in [2.45, 2.75) is 62.6 Å². The van der Waals surface area contributed by atoms with Crippen LogP contribution in [0.2, 0.25) is 0 Å². The van der Waals surface area contributed by atoms with Crippen molar-refractivity contribution in [1.29, 1.82) is 0 Å². The number of carbonyl (C=O) groups excluding carboxylic acids is 1. The Hall–Kier alpha value is -1.27. The van der Waals surface area contributed by atoms with Crippen LogP contribution in [0.15, 0.2) is 24.3 Å². The fourth-order valence-electron chi connectivity index (χ4n) is 4.09. The number of rotatable bonds is 3. The van der Waals surface area contributed by atoms with E-state index in [0.717, 1.165) is 51.3 Å². The summed E-state index contributed by atoms with van der Waals surface area (Å²) in [4.78, 5) is 13.1. The number of benzene rings is 1. The lowest BCUT2D eigenvalue weighted by Gasteiger charge is -2.38. The molecule has 0 atom stereocenters. The summed E-state index contributed by atoms with van der Waals surface area (Å²) < 4.78 is 39.4. The number of hydrogen-bond donors (Lipinski definition) is 2. The molecular weight excluding hydrogens is 365 g/mol. The molecule has 3 nitrogen and oxygen atoms in total. The van der Waals surface area contributed by atoms with Crippen molar-refractivity contribution >= 4 is 18.3 Å². The van der Waals surface area contributed by atoms with Crippen LogP contribution in [-0.2, 0) is 16.4 Å². The molecule has 3 rings (SSSR count). The van der Waals surface area contributed by atoms with Crippen LogP contribution in [0, 0.1) is 0 Å².